The molecule has 1 aromatic rings. The molecule has 1 aliphatic rings. The van der Waals surface area contributed by atoms with Crippen LogP contribution in [0.15, 0.2) is 30.3 Å². The van der Waals surface area contributed by atoms with E-state index in [9.17, 15) is 14.4 Å². The molecule has 1 N–H and O–H groups in total. The number of amides is 3. The van der Waals surface area contributed by atoms with Gasteiger partial charge in [-0.15, -0.1) is 5.06 Å². The minimum absolute atomic E-state index is 0.0952. The fraction of sp³-hybridized carbons (Fsp3) is 0.182. The molecule has 0 aliphatic carbocycles. The topological polar surface area (TPSA) is 87.2 Å². The van der Waals surface area contributed by atoms with Gasteiger partial charge in [0.05, 0.1) is 6.54 Å². The van der Waals surface area contributed by atoms with Gasteiger partial charge in [-0.05, 0) is 5.56 Å². The molecule has 1 saturated heterocycles. The molecule has 18 heavy (non-hydrogen) atoms. The number of rotatable bonds is 3. The fourth-order valence-electron chi connectivity index (χ4n) is 1.60. The number of hydroxylamine groups is 2. The van der Waals surface area contributed by atoms with Gasteiger partial charge in [-0.2, -0.15) is 0 Å². The molecule has 0 aromatic heterocycles. The van der Waals surface area contributed by atoms with Crippen molar-refractivity contribution in [3.05, 3.63) is 35.9 Å². The summed E-state index contributed by atoms with van der Waals surface area (Å²) in [5, 5.41) is 8.93. The van der Waals surface area contributed by atoms with Crippen LogP contribution in [-0.4, -0.2) is 39.7 Å². The van der Waals surface area contributed by atoms with Crippen LogP contribution < -0.4 is 0 Å². The summed E-state index contributed by atoms with van der Waals surface area (Å²) in [5.74, 6) is -0.495. The maximum Gasteiger partial charge on any atom is 0.531 e. The van der Waals surface area contributed by atoms with Crippen LogP contribution in [0.5, 0.6) is 0 Å². The molecule has 2 rings (SSSR count). The first-order chi connectivity index (χ1) is 8.58. The van der Waals surface area contributed by atoms with E-state index in [0.29, 0.717) is 5.06 Å². The van der Waals surface area contributed by atoms with Crippen molar-refractivity contribution in [2.24, 2.45) is 0 Å². The second kappa shape index (κ2) is 4.74. The lowest BCUT2D eigenvalue weighted by Gasteiger charge is -2.14. The second-order valence-electron chi connectivity index (χ2n) is 3.64. The molecule has 0 unspecified atom stereocenters. The minimum Gasteiger partial charge on any atom is -0.448 e. The Hall–Kier alpha value is -2.57. The van der Waals surface area contributed by atoms with Crippen LogP contribution in [0.1, 0.15) is 5.56 Å². The summed E-state index contributed by atoms with van der Waals surface area (Å²) in [6, 6.07) is 8.14. The Bertz CT molecular complexity index is 487. The maximum absolute atomic E-state index is 11.7. The van der Waals surface area contributed by atoms with E-state index in [1.54, 1.807) is 24.3 Å². The Labute approximate surface area is 102 Å². The number of nitrogens with zero attached hydrogens (tertiary/aromatic N) is 2. The molecule has 0 atom stereocenters. The van der Waals surface area contributed by atoms with E-state index in [0.717, 1.165) is 10.5 Å². The van der Waals surface area contributed by atoms with Gasteiger partial charge in [-0.25, -0.2) is 9.59 Å². The van der Waals surface area contributed by atoms with Gasteiger partial charge in [-0.3, -0.25) is 9.69 Å². The van der Waals surface area contributed by atoms with E-state index in [1.807, 2.05) is 6.07 Å². The molecular weight excluding hydrogens is 240 g/mol. The first-order valence-electron chi connectivity index (χ1n) is 5.14. The van der Waals surface area contributed by atoms with Gasteiger partial charge in [0.2, 0.25) is 0 Å². The van der Waals surface area contributed by atoms with Gasteiger partial charge in [0.1, 0.15) is 6.54 Å². The summed E-state index contributed by atoms with van der Waals surface area (Å²) in [5.41, 5.74) is 0.774. The molecule has 7 heteroatoms. The zero-order valence-electron chi connectivity index (χ0n) is 9.28. The monoisotopic (exact) mass is 250 g/mol. The zero-order valence-corrected chi connectivity index (χ0v) is 9.28. The second-order valence-corrected chi connectivity index (χ2v) is 3.64. The number of carbonyl (C=O) groups is 3. The molecule has 1 heterocycles. The molecule has 0 saturated carbocycles. The van der Waals surface area contributed by atoms with E-state index in [-0.39, 0.29) is 6.54 Å². The lowest BCUT2D eigenvalue weighted by molar-refractivity contribution is -0.128. The number of imide groups is 1. The van der Waals surface area contributed by atoms with E-state index < -0.39 is 24.6 Å². The molecule has 94 valence electrons. The van der Waals surface area contributed by atoms with Crippen molar-refractivity contribution >= 4 is 18.1 Å². The number of benzene rings is 1. The number of hydrogen-bond acceptors (Lipinski definition) is 4. The zero-order chi connectivity index (χ0) is 13.1. The summed E-state index contributed by atoms with van der Waals surface area (Å²) in [6.45, 7) is -0.296. The quantitative estimate of drug-likeness (QED) is 0.810. The van der Waals surface area contributed by atoms with Crippen molar-refractivity contribution in [1.82, 2.24) is 9.96 Å². The third-order valence-electron chi connectivity index (χ3n) is 2.40. The van der Waals surface area contributed by atoms with Crippen molar-refractivity contribution in [1.29, 1.82) is 0 Å². The average molecular weight is 250 g/mol. The van der Waals surface area contributed by atoms with Crippen LogP contribution in [0, 0.1) is 0 Å². The highest BCUT2D eigenvalue weighted by Crippen LogP contribution is 2.14. The van der Waals surface area contributed by atoms with Gasteiger partial charge >= 0.3 is 12.2 Å². The van der Waals surface area contributed by atoms with E-state index in [1.165, 1.54) is 0 Å². The van der Waals surface area contributed by atoms with Crippen LogP contribution in [0.25, 0.3) is 0 Å². The van der Waals surface area contributed by atoms with Gasteiger partial charge in [-0.1, -0.05) is 30.3 Å². The van der Waals surface area contributed by atoms with Gasteiger partial charge in [0.15, 0.2) is 0 Å². The highest BCUT2D eigenvalue weighted by Gasteiger charge is 2.38. The van der Waals surface area contributed by atoms with Crippen molar-refractivity contribution in [2.75, 3.05) is 6.54 Å². The van der Waals surface area contributed by atoms with Crippen molar-refractivity contribution in [3.63, 3.8) is 0 Å². The lowest BCUT2D eigenvalue weighted by atomic mass is 10.2. The first kappa shape index (κ1) is 11.9. The molecule has 3 amide bonds. The average Bonchev–Trinajstić information content (AvgIpc) is 2.58. The van der Waals surface area contributed by atoms with Crippen LogP contribution >= 0.6 is 0 Å². The van der Waals surface area contributed by atoms with Crippen LogP contribution in [-0.2, 0) is 16.2 Å². The third kappa shape index (κ3) is 2.40. The van der Waals surface area contributed by atoms with Gasteiger partial charge < -0.3 is 9.94 Å². The fourth-order valence-corrected chi connectivity index (χ4v) is 1.60. The molecule has 1 aliphatic heterocycles. The Kier molecular flexibility index (Phi) is 3.13. The smallest absolute Gasteiger partial charge is 0.448 e. The van der Waals surface area contributed by atoms with Crippen LogP contribution in [0.3, 0.4) is 0 Å². The number of carboxylic acid groups (broad SMARTS) is 1. The van der Waals surface area contributed by atoms with Crippen molar-refractivity contribution in [2.45, 2.75) is 6.54 Å². The number of hydrogen-bond donors (Lipinski definition) is 1. The largest absolute Gasteiger partial charge is 0.531 e. The predicted molar refractivity (Wildman–Crippen MR) is 58.2 cm³/mol. The number of urea groups is 1. The van der Waals surface area contributed by atoms with Crippen LogP contribution in [0.4, 0.5) is 9.59 Å². The van der Waals surface area contributed by atoms with E-state index in [4.69, 9.17) is 5.11 Å². The minimum atomic E-state index is -1.63. The highest BCUT2D eigenvalue weighted by molar-refractivity contribution is 6.01. The highest BCUT2D eigenvalue weighted by atomic mass is 16.8. The Morgan fingerprint density at radius 3 is 2.56 bits per heavy atom. The summed E-state index contributed by atoms with van der Waals surface area (Å²) >= 11 is 0. The normalized spacial score (nSPS) is 15.1. The lowest BCUT2D eigenvalue weighted by Crippen LogP contribution is -2.33. The molecule has 0 bridgehead atoms. The Morgan fingerprint density at radius 1 is 1.28 bits per heavy atom. The molecule has 1 fully saturated rings. The molecular formula is C11H10N2O5. The SMILES string of the molecule is O=C(O)ON1CC(=O)N(Cc2ccccc2)C1=O. The van der Waals surface area contributed by atoms with Gasteiger partial charge in [0, 0.05) is 0 Å². The van der Waals surface area contributed by atoms with Crippen molar-refractivity contribution < 1.29 is 24.3 Å². The Morgan fingerprint density at radius 2 is 1.94 bits per heavy atom. The van der Waals surface area contributed by atoms with E-state index >= 15 is 0 Å². The summed E-state index contributed by atoms with van der Waals surface area (Å²) in [6.07, 6.45) is -1.63. The van der Waals surface area contributed by atoms with Crippen LogP contribution in [0.2, 0.25) is 0 Å². The summed E-state index contributed by atoms with van der Waals surface area (Å²) in [7, 11) is 0. The maximum atomic E-state index is 11.7. The third-order valence-corrected chi connectivity index (χ3v) is 2.40. The predicted octanol–water partition coefficient (Wildman–Crippen LogP) is 1.06. The van der Waals surface area contributed by atoms with E-state index in [2.05, 4.69) is 4.84 Å². The molecule has 7 nitrogen and oxygen atoms in total. The number of carbonyl (C=O) groups excluding carboxylic acids is 2. The molecule has 1 aromatic carbocycles. The summed E-state index contributed by atoms with van der Waals surface area (Å²) in [4.78, 5) is 38.7. The molecule has 0 radical (unpaired) electrons. The standard InChI is InChI=1S/C11H10N2O5/c14-9-7-13(18-11(16)17)10(15)12(9)6-8-4-2-1-3-5-8/h1-5H,6-7H2,(H,16,17). The van der Waals surface area contributed by atoms with Crippen molar-refractivity contribution in [3.8, 4) is 0 Å². The van der Waals surface area contributed by atoms with Gasteiger partial charge in [0.25, 0.3) is 5.91 Å². The first-order valence-corrected chi connectivity index (χ1v) is 5.14. The molecule has 0 spiro atoms. The Balaban J connectivity index is 2.08. The summed E-state index contributed by atoms with van der Waals surface area (Å²) < 4.78 is 0.